The van der Waals surface area contributed by atoms with Crippen LogP contribution in [0.4, 0.5) is 11.4 Å². The molecule has 2 fully saturated rings. The van der Waals surface area contributed by atoms with Crippen molar-refractivity contribution in [3.63, 3.8) is 0 Å². The Bertz CT molecular complexity index is 1080. The smallest absolute Gasteiger partial charge is 0.257 e. The Morgan fingerprint density at radius 2 is 1.89 bits per heavy atom. The molecular weight excluding hydrogens is 354 g/mol. The number of amides is 2. The number of carbonyl (C=O) groups is 2. The van der Waals surface area contributed by atoms with Crippen molar-refractivity contribution in [2.45, 2.75) is 31.6 Å². The van der Waals surface area contributed by atoms with Gasteiger partial charge in [-0.15, -0.1) is 0 Å². The molecule has 28 heavy (non-hydrogen) atoms. The lowest BCUT2D eigenvalue weighted by Crippen LogP contribution is -2.29. The fraction of sp³-hybridized carbons (Fsp3) is 0.318. The van der Waals surface area contributed by atoms with E-state index in [0.717, 1.165) is 42.7 Å². The summed E-state index contributed by atoms with van der Waals surface area (Å²) in [7, 11) is 1.73. The molecule has 2 aromatic carbocycles. The Balaban J connectivity index is 1.39. The molecule has 142 valence electrons. The number of para-hydroxylation sites is 1. The highest BCUT2D eigenvalue weighted by atomic mass is 16.3. The lowest BCUT2D eigenvalue weighted by molar-refractivity contribution is -0.119. The summed E-state index contributed by atoms with van der Waals surface area (Å²) in [6.07, 6.45) is 4.11. The number of fused-ring (bicyclic) bond motifs is 1. The van der Waals surface area contributed by atoms with E-state index in [1.54, 1.807) is 30.1 Å². The molecule has 5 rings (SSSR count). The number of carbonyl (C=O) groups excluding carboxylic acids is 2. The van der Waals surface area contributed by atoms with Gasteiger partial charge in [-0.2, -0.15) is 0 Å². The van der Waals surface area contributed by atoms with Gasteiger partial charge in [-0.3, -0.25) is 9.59 Å². The van der Waals surface area contributed by atoms with Gasteiger partial charge < -0.3 is 14.6 Å². The number of benzene rings is 2. The molecule has 2 aliphatic carbocycles. The molecule has 0 radical (unpaired) electrons. The molecular formula is C22H21N3O3. The first-order valence-corrected chi connectivity index (χ1v) is 9.68. The lowest BCUT2D eigenvalue weighted by atomic mass is 10.1. The number of hydrogen-bond acceptors (Lipinski definition) is 4. The Labute approximate surface area is 162 Å². The van der Waals surface area contributed by atoms with Crippen molar-refractivity contribution in [2.75, 3.05) is 17.3 Å². The Hall–Kier alpha value is -3.15. The van der Waals surface area contributed by atoms with Crippen molar-refractivity contribution < 1.29 is 14.0 Å². The number of oxazole rings is 1. The third-order valence-electron chi connectivity index (χ3n) is 5.36. The van der Waals surface area contributed by atoms with E-state index in [4.69, 9.17) is 4.42 Å². The number of nitrogens with zero attached hydrogens (tertiary/aromatic N) is 2. The molecule has 1 aromatic heterocycles. The zero-order chi connectivity index (χ0) is 19.3. The van der Waals surface area contributed by atoms with E-state index >= 15 is 0 Å². The normalized spacial score (nSPS) is 16.2. The fourth-order valence-electron chi connectivity index (χ4n) is 3.41. The zero-order valence-electron chi connectivity index (χ0n) is 15.6. The predicted octanol–water partition coefficient (Wildman–Crippen LogP) is 4.33. The molecule has 0 bridgehead atoms. The quantitative estimate of drug-likeness (QED) is 0.720. The van der Waals surface area contributed by atoms with Crippen molar-refractivity contribution in [1.82, 2.24) is 4.98 Å². The summed E-state index contributed by atoms with van der Waals surface area (Å²) < 4.78 is 5.77. The van der Waals surface area contributed by atoms with Crippen LogP contribution in [0.2, 0.25) is 0 Å². The van der Waals surface area contributed by atoms with Gasteiger partial charge in [0.15, 0.2) is 11.5 Å². The van der Waals surface area contributed by atoms with Crippen molar-refractivity contribution >= 4 is 34.3 Å². The number of nitrogens with one attached hydrogen (secondary N) is 1. The van der Waals surface area contributed by atoms with Crippen LogP contribution in [-0.4, -0.2) is 23.8 Å². The van der Waals surface area contributed by atoms with E-state index in [-0.39, 0.29) is 17.7 Å². The Morgan fingerprint density at radius 3 is 2.64 bits per heavy atom. The zero-order valence-corrected chi connectivity index (χ0v) is 15.6. The van der Waals surface area contributed by atoms with Gasteiger partial charge in [0, 0.05) is 24.6 Å². The predicted molar refractivity (Wildman–Crippen MR) is 107 cm³/mol. The van der Waals surface area contributed by atoms with Crippen LogP contribution >= 0.6 is 0 Å². The highest BCUT2D eigenvalue weighted by Gasteiger charge is 2.33. The maximum Gasteiger partial charge on any atom is 0.257 e. The summed E-state index contributed by atoms with van der Waals surface area (Å²) in [6.45, 7) is 0. The van der Waals surface area contributed by atoms with Crippen LogP contribution in [0.1, 0.15) is 47.8 Å². The first-order valence-electron chi connectivity index (χ1n) is 9.68. The topological polar surface area (TPSA) is 75.4 Å². The number of aromatic nitrogens is 1. The summed E-state index contributed by atoms with van der Waals surface area (Å²) in [5.41, 5.74) is 3.22. The minimum atomic E-state index is -0.253. The van der Waals surface area contributed by atoms with Gasteiger partial charge in [0.2, 0.25) is 5.91 Å². The van der Waals surface area contributed by atoms with Gasteiger partial charge in [-0.05, 0) is 56.0 Å². The van der Waals surface area contributed by atoms with Gasteiger partial charge in [0.05, 0.1) is 11.3 Å². The second-order valence-electron chi connectivity index (χ2n) is 7.65. The minimum Gasteiger partial charge on any atom is -0.440 e. The van der Waals surface area contributed by atoms with E-state index < -0.39 is 0 Å². The number of rotatable bonds is 5. The van der Waals surface area contributed by atoms with Crippen LogP contribution in [0.5, 0.6) is 0 Å². The summed E-state index contributed by atoms with van der Waals surface area (Å²) in [5, 5.41) is 2.92. The van der Waals surface area contributed by atoms with Crippen LogP contribution < -0.4 is 10.2 Å². The maximum absolute atomic E-state index is 12.9. The van der Waals surface area contributed by atoms with Gasteiger partial charge in [0.25, 0.3) is 5.91 Å². The summed E-state index contributed by atoms with van der Waals surface area (Å²) in [4.78, 5) is 31.5. The molecule has 1 N–H and O–H groups in total. The molecule has 6 heteroatoms. The Kier molecular flexibility index (Phi) is 3.93. The van der Waals surface area contributed by atoms with Gasteiger partial charge in [-0.1, -0.05) is 12.1 Å². The van der Waals surface area contributed by atoms with Crippen molar-refractivity contribution in [2.24, 2.45) is 5.92 Å². The SMILES string of the molecule is CN(C(=O)C1CC1)c1ccccc1C(=O)Nc1ccc2oc(C3CC3)nc2c1. The fourth-order valence-corrected chi connectivity index (χ4v) is 3.41. The highest BCUT2D eigenvalue weighted by molar-refractivity contribution is 6.11. The first kappa shape index (κ1) is 17.0. The standard InChI is InChI=1S/C22H21N3O3/c1-25(22(27)14-8-9-14)18-5-3-2-4-16(18)20(26)23-15-10-11-19-17(12-15)24-21(28-19)13-6-7-13/h2-5,10-14H,6-9H2,1H3,(H,23,26). The molecule has 1 heterocycles. The molecule has 0 saturated heterocycles. The summed E-state index contributed by atoms with van der Waals surface area (Å²) in [6, 6.07) is 12.6. The highest BCUT2D eigenvalue weighted by Crippen LogP contribution is 2.40. The molecule has 0 unspecified atom stereocenters. The van der Waals surface area contributed by atoms with Crippen LogP contribution in [0.3, 0.4) is 0 Å². The van der Waals surface area contributed by atoms with E-state index in [1.807, 2.05) is 24.3 Å². The molecule has 0 atom stereocenters. The molecule has 2 saturated carbocycles. The average Bonchev–Trinajstić information content (AvgIpc) is 3.63. The first-order chi connectivity index (χ1) is 13.6. The number of hydrogen-bond donors (Lipinski definition) is 1. The maximum atomic E-state index is 12.9. The van der Waals surface area contributed by atoms with Gasteiger partial charge >= 0.3 is 0 Å². The summed E-state index contributed by atoms with van der Waals surface area (Å²) in [5.74, 6) is 1.13. The van der Waals surface area contributed by atoms with Crippen molar-refractivity contribution in [3.05, 3.63) is 53.9 Å². The van der Waals surface area contributed by atoms with Crippen LogP contribution in [0.15, 0.2) is 46.9 Å². The lowest BCUT2D eigenvalue weighted by Gasteiger charge is -2.20. The monoisotopic (exact) mass is 375 g/mol. The minimum absolute atomic E-state index is 0.0665. The van der Waals surface area contributed by atoms with Crippen molar-refractivity contribution in [3.8, 4) is 0 Å². The van der Waals surface area contributed by atoms with Gasteiger partial charge in [-0.25, -0.2) is 4.98 Å². The number of anilines is 2. The third-order valence-corrected chi connectivity index (χ3v) is 5.36. The largest absolute Gasteiger partial charge is 0.440 e. The average molecular weight is 375 g/mol. The third kappa shape index (κ3) is 3.15. The van der Waals surface area contributed by atoms with E-state index in [9.17, 15) is 9.59 Å². The second-order valence-corrected chi connectivity index (χ2v) is 7.65. The van der Waals surface area contributed by atoms with E-state index in [1.165, 1.54) is 0 Å². The molecule has 0 spiro atoms. The van der Waals surface area contributed by atoms with Crippen molar-refractivity contribution in [1.29, 1.82) is 0 Å². The van der Waals surface area contributed by atoms with Crippen LogP contribution in [0.25, 0.3) is 11.1 Å². The molecule has 2 aliphatic rings. The Morgan fingerprint density at radius 1 is 1.11 bits per heavy atom. The molecule has 2 amide bonds. The van der Waals surface area contributed by atoms with Crippen LogP contribution in [0, 0.1) is 5.92 Å². The molecule has 3 aromatic rings. The molecule has 6 nitrogen and oxygen atoms in total. The summed E-state index contributed by atoms with van der Waals surface area (Å²) >= 11 is 0. The molecule has 0 aliphatic heterocycles. The second kappa shape index (κ2) is 6.48. The van der Waals surface area contributed by atoms with E-state index in [2.05, 4.69) is 10.3 Å². The van der Waals surface area contributed by atoms with Crippen LogP contribution in [-0.2, 0) is 4.79 Å². The van der Waals surface area contributed by atoms with E-state index in [0.29, 0.717) is 22.9 Å². The van der Waals surface area contributed by atoms with Gasteiger partial charge in [0.1, 0.15) is 5.52 Å².